The van der Waals surface area contributed by atoms with Gasteiger partial charge in [0.1, 0.15) is 0 Å². The maximum Gasteiger partial charge on any atom is 0.298 e. The smallest absolute Gasteiger partial charge is 0.298 e. The highest BCUT2D eigenvalue weighted by Crippen LogP contribution is 2.48. The van der Waals surface area contributed by atoms with Crippen molar-refractivity contribution in [3.05, 3.63) is 0 Å². The average molecular weight is 258 g/mol. The average Bonchev–Trinajstić information content (AvgIpc) is 2.22. The standard InChI is InChI=1S/C14H30O2Si/c1-8-12(9(2)3)14(10(4)5,11(6)7)13(15)16-17/h9-12H,8H2,1-7,17H3. The molecule has 0 aliphatic rings. The Balaban J connectivity index is 5.69. The van der Waals surface area contributed by atoms with Gasteiger partial charge in [0.05, 0.1) is 5.41 Å². The molecule has 0 amide bonds. The van der Waals surface area contributed by atoms with Crippen LogP contribution >= 0.6 is 0 Å². The molecule has 0 aromatic heterocycles. The SMILES string of the molecule is CCC(C(C)C)C(C(=O)O[SiH3])(C(C)C)C(C)C. The molecule has 0 radical (unpaired) electrons. The van der Waals surface area contributed by atoms with Gasteiger partial charge in [-0.15, -0.1) is 0 Å². The van der Waals surface area contributed by atoms with E-state index < -0.39 is 0 Å². The second-order valence-electron chi connectivity index (χ2n) is 5.99. The van der Waals surface area contributed by atoms with Crippen LogP contribution in [-0.2, 0) is 9.22 Å². The molecular formula is C14H30O2Si. The molecule has 0 aromatic rings. The van der Waals surface area contributed by atoms with Crippen molar-refractivity contribution < 1.29 is 9.22 Å². The molecule has 0 saturated heterocycles. The third-order valence-corrected chi connectivity index (χ3v) is 4.68. The Morgan fingerprint density at radius 1 is 1.12 bits per heavy atom. The Kier molecular flexibility index (Phi) is 6.45. The Bertz CT molecular complexity index is 239. The van der Waals surface area contributed by atoms with Crippen molar-refractivity contribution in [3.8, 4) is 0 Å². The van der Waals surface area contributed by atoms with Crippen molar-refractivity contribution >= 4 is 16.5 Å². The first kappa shape index (κ1) is 16.7. The first-order valence-corrected chi connectivity index (χ1v) is 7.66. The number of hydrogen-bond acceptors (Lipinski definition) is 2. The fourth-order valence-electron chi connectivity index (χ4n) is 3.68. The second kappa shape index (κ2) is 6.57. The summed E-state index contributed by atoms with van der Waals surface area (Å²) in [5.74, 6) is 1.55. The lowest BCUT2D eigenvalue weighted by molar-refractivity contribution is -0.160. The minimum Gasteiger partial charge on any atom is -0.528 e. The molecule has 0 spiro atoms. The van der Waals surface area contributed by atoms with Gasteiger partial charge in [0.15, 0.2) is 0 Å². The van der Waals surface area contributed by atoms with E-state index in [-0.39, 0.29) is 11.4 Å². The number of carbonyl (C=O) groups excluding carboxylic acids is 1. The highest BCUT2D eigenvalue weighted by Gasteiger charge is 2.51. The van der Waals surface area contributed by atoms with Gasteiger partial charge in [-0.05, 0) is 23.7 Å². The zero-order chi connectivity index (χ0) is 13.8. The lowest BCUT2D eigenvalue weighted by atomic mass is 9.57. The molecule has 0 bridgehead atoms. The third-order valence-electron chi connectivity index (χ3n) is 4.31. The van der Waals surface area contributed by atoms with Crippen LogP contribution < -0.4 is 0 Å². The van der Waals surface area contributed by atoms with Gasteiger partial charge < -0.3 is 4.43 Å². The highest BCUT2D eigenvalue weighted by atomic mass is 28.2. The molecule has 0 rings (SSSR count). The van der Waals surface area contributed by atoms with Gasteiger partial charge in [0, 0.05) is 0 Å². The maximum atomic E-state index is 12.4. The largest absolute Gasteiger partial charge is 0.528 e. The van der Waals surface area contributed by atoms with E-state index in [9.17, 15) is 4.79 Å². The summed E-state index contributed by atoms with van der Waals surface area (Å²) in [6.45, 7) is 15.2. The maximum absolute atomic E-state index is 12.4. The minimum absolute atomic E-state index is 0.0229. The lowest BCUT2D eigenvalue weighted by Crippen LogP contribution is -2.49. The first-order valence-electron chi connectivity index (χ1n) is 6.85. The van der Waals surface area contributed by atoms with Crippen molar-refractivity contribution in [2.75, 3.05) is 0 Å². The number of carbonyl (C=O) groups is 1. The third kappa shape index (κ3) is 2.93. The molecular weight excluding hydrogens is 228 g/mol. The molecule has 3 heteroatoms. The molecule has 0 N–H and O–H groups in total. The molecule has 17 heavy (non-hydrogen) atoms. The van der Waals surface area contributed by atoms with Crippen LogP contribution in [-0.4, -0.2) is 16.5 Å². The second-order valence-corrected chi connectivity index (χ2v) is 6.40. The van der Waals surface area contributed by atoms with E-state index in [1.54, 1.807) is 0 Å². The van der Waals surface area contributed by atoms with E-state index in [4.69, 9.17) is 4.43 Å². The van der Waals surface area contributed by atoms with Crippen LogP contribution in [0.5, 0.6) is 0 Å². The van der Waals surface area contributed by atoms with Crippen molar-refractivity contribution in [3.63, 3.8) is 0 Å². The molecule has 0 aromatic carbocycles. The summed E-state index contributed by atoms with van der Waals surface area (Å²) in [6, 6.07) is 0. The Labute approximate surface area is 110 Å². The Morgan fingerprint density at radius 3 is 1.71 bits per heavy atom. The molecule has 0 saturated carbocycles. The molecule has 102 valence electrons. The van der Waals surface area contributed by atoms with Crippen LogP contribution in [0.25, 0.3) is 0 Å². The molecule has 2 nitrogen and oxygen atoms in total. The van der Waals surface area contributed by atoms with E-state index in [1.807, 2.05) is 0 Å². The summed E-state index contributed by atoms with van der Waals surface area (Å²) in [5.41, 5.74) is -0.329. The van der Waals surface area contributed by atoms with Crippen LogP contribution in [0.15, 0.2) is 0 Å². The summed E-state index contributed by atoms with van der Waals surface area (Å²) in [4.78, 5) is 12.4. The summed E-state index contributed by atoms with van der Waals surface area (Å²) in [5, 5.41) is 0. The minimum atomic E-state index is -0.329. The predicted octanol–water partition coefficient (Wildman–Crippen LogP) is 2.79. The van der Waals surface area contributed by atoms with E-state index in [0.29, 0.717) is 34.2 Å². The molecule has 1 atom stereocenters. The number of rotatable bonds is 6. The fraction of sp³-hybridized carbons (Fsp3) is 0.929. The van der Waals surface area contributed by atoms with Gasteiger partial charge in [0.2, 0.25) is 10.5 Å². The van der Waals surface area contributed by atoms with Crippen LogP contribution in [0.3, 0.4) is 0 Å². The van der Waals surface area contributed by atoms with Crippen molar-refractivity contribution in [1.82, 2.24) is 0 Å². The zero-order valence-electron chi connectivity index (χ0n) is 12.8. The van der Waals surface area contributed by atoms with Crippen LogP contribution in [0.4, 0.5) is 0 Å². The fourth-order valence-corrected chi connectivity index (χ4v) is 4.04. The molecule has 0 aliphatic carbocycles. The van der Waals surface area contributed by atoms with Crippen molar-refractivity contribution in [2.24, 2.45) is 29.1 Å². The van der Waals surface area contributed by atoms with Crippen molar-refractivity contribution in [1.29, 1.82) is 0 Å². The van der Waals surface area contributed by atoms with Crippen LogP contribution in [0.1, 0.15) is 54.9 Å². The quantitative estimate of drug-likeness (QED) is 0.685. The monoisotopic (exact) mass is 258 g/mol. The highest BCUT2D eigenvalue weighted by molar-refractivity contribution is 6.06. The van der Waals surface area contributed by atoms with Gasteiger partial charge in [0.25, 0.3) is 5.97 Å². The Hall–Kier alpha value is -0.313. The van der Waals surface area contributed by atoms with E-state index in [2.05, 4.69) is 48.5 Å². The topological polar surface area (TPSA) is 26.3 Å². The van der Waals surface area contributed by atoms with Crippen molar-refractivity contribution in [2.45, 2.75) is 54.9 Å². The van der Waals surface area contributed by atoms with Gasteiger partial charge in [-0.25, -0.2) is 0 Å². The Morgan fingerprint density at radius 2 is 1.53 bits per heavy atom. The number of hydrogen-bond donors (Lipinski definition) is 0. The summed E-state index contributed by atoms with van der Waals surface area (Å²) in [7, 11) is 0.490. The van der Waals surface area contributed by atoms with E-state index >= 15 is 0 Å². The lowest BCUT2D eigenvalue weighted by Gasteiger charge is -2.46. The summed E-state index contributed by atoms with van der Waals surface area (Å²) < 4.78 is 5.27. The first-order chi connectivity index (χ1) is 7.76. The van der Waals surface area contributed by atoms with E-state index in [1.165, 1.54) is 0 Å². The van der Waals surface area contributed by atoms with Gasteiger partial charge >= 0.3 is 0 Å². The molecule has 1 unspecified atom stereocenters. The van der Waals surface area contributed by atoms with Gasteiger partial charge in [-0.2, -0.15) is 0 Å². The predicted molar refractivity (Wildman–Crippen MR) is 76.8 cm³/mol. The molecule has 0 fully saturated rings. The van der Waals surface area contributed by atoms with Gasteiger partial charge in [-0.1, -0.05) is 54.9 Å². The molecule has 0 aliphatic heterocycles. The van der Waals surface area contributed by atoms with Crippen LogP contribution in [0.2, 0.25) is 0 Å². The normalized spacial score (nSPS) is 14.7. The van der Waals surface area contributed by atoms with E-state index in [0.717, 1.165) is 6.42 Å². The summed E-state index contributed by atoms with van der Waals surface area (Å²) >= 11 is 0. The zero-order valence-corrected chi connectivity index (χ0v) is 14.8. The van der Waals surface area contributed by atoms with Gasteiger partial charge in [-0.3, -0.25) is 4.79 Å². The summed E-state index contributed by atoms with van der Waals surface area (Å²) in [6.07, 6.45) is 1.03. The molecule has 0 heterocycles. The van der Waals surface area contributed by atoms with Crippen LogP contribution in [0, 0.1) is 29.1 Å².